The summed E-state index contributed by atoms with van der Waals surface area (Å²) in [4.78, 5) is 40.9. The number of carbonyl (C=O) groups excluding carboxylic acids is 2. The fourth-order valence-corrected chi connectivity index (χ4v) is 3.93. The third-order valence-corrected chi connectivity index (χ3v) is 5.71. The highest BCUT2D eigenvalue weighted by molar-refractivity contribution is 7.99. The molecule has 0 spiro atoms. The van der Waals surface area contributed by atoms with E-state index in [-0.39, 0.29) is 17.9 Å². The second kappa shape index (κ2) is 7.96. The first-order valence-corrected chi connectivity index (χ1v) is 9.66. The number of benzene rings is 1. The molecule has 1 aliphatic heterocycles. The van der Waals surface area contributed by atoms with Crippen molar-refractivity contribution >= 4 is 29.5 Å². The molecule has 2 aromatic rings. The number of fused-ring (bicyclic) bond motifs is 1. The fraction of sp³-hybridized carbons (Fsp3) is 0.368. The highest BCUT2D eigenvalue weighted by Gasteiger charge is 2.32. The average Bonchev–Trinajstić information content (AvgIpc) is 2.68. The molecule has 1 aromatic carbocycles. The molecule has 0 bridgehead atoms. The van der Waals surface area contributed by atoms with Crippen molar-refractivity contribution in [3.8, 4) is 0 Å². The first-order chi connectivity index (χ1) is 13.0. The van der Waals surface area contributed by atoms with Crippen molar-refractivity contribution in [3.05, 3.63) is 51.3 Å². The summed E-state index contributed by atoms with van der Waals surface area (Å²) >= 11 is 1.49. The van der Waals surface area contributed by atoms with Gasteiger partial charge in [0, 0.05) is 25.1 Å². The molecule has 3 rings (SSSR count). The Morgan fingerprint density at radius 3 is 2.67 bits per heavy atom. The number of hydrogen-bond donors (Lipinski definition) is 1. The molecule has 8 heteroatoms. The van der Waals surface area contributed by atoms with Gasteiger partial charge in [-0.1, -0.05) is 30.8 Å². The number of nitrogens with one attached hydrogen (secondary N) is 1. The Morgan fingerprint density at radius 1 is 1.33 bits per heavy atom. The van der Waals surface area contributed by atoms with Gasteiger partial charge < -0.3 is 14.6 Å². The van der Waals surface area contributed by atoms with Crippen molar-refractivity contribution in [2.24, 2.45) is 7.05 Å². The Bertz CT molecular complexity index is 937. The third kappa shape index (κ3) is 3.75. The van der Waals surface area contributed by atoms with Crippen molar-refractivity contribution < 1.29 is 14.3 Å². The van der Waals surface area contributed by atoms with Gasteiger partial charge in [-0.2, -0.15) is 4.98 Å². The largest absolute Gasteiger partial charge is 0.465 e. The van der Waals surface area contributed by atoms with E-state index < -0.39 is 11.9 Å². The van der Waals surface area contributed by atoms with Gasteiger partial charge in [-0.05, 0) is 24.1 Å². The molecule has 2 heterocycles. The monoisotopic (exact) mass is 387 g/mol. The molecule has 27 heavy (non-hydrogen) atoms. The van der Waals surface area contributed by atoms with Crippen LogP contribution in [-0.2, 0) is 16.6 Å². The molecule has 7 nitrogen and oxygen atoms in total. The molecule has 0 radical (unpaired) electrons. The summed E-state index contributed by atoms with van der Waals surface area (Å²) in [5, 5.41) is 3.41. The number of aromatic nitrogens is 2. The van der Waals surface area contributed by atoms with Gasteiger partial charge in [-0.25, -0.2) is 4.79 Å². The first-order valence-electron chi connectivity index (χ1n) is 8.68. The van der Waals surface area contributed by atoms with Crippen molar-refractivity contribution in [3.63, 3.8) is 0 Å². The number of ether oxygens (including phenoxy) is 1. The summed E-state index contributed by atoms with van der Waals surface area (Å²) in [6.07, 6.45) is 1.11. The fourth-order valence-electron chi connectivity index (χ4n) is 3.11. The van der Waals surface area contributed by atoms with E-state index >= 15 is 0 Å². The van der Waals surface area contributed by atoms with Crippen LogP contribution in [-0.4, -0.2) is 34.3 Å². The molecule has 142 valence electrons. The maximum absolute atomic E-state index is 12.7. The number of hydrogen-bond acceptors (Lipinski definition) is 6. The van der Waals surface area contributed by atoms with E-state index in [9.17, 15) is 14.4 Å². The van der Waals surface area contributed by atoms with Crippen molar-refractivity contribution in [1.29, 1.82) is 0 Å². The van der Waals surface area contributed by atoms with Gasteiger partial charge in [0.1, 0.15) is 5.82 Å². The summed E-state index contributed by atoms with van der Waals surface area (Å²) < 4.78 is 6.47. The predicted octanol–water partition coefficient (Wildman–Crippen LogP) is 2.54. The van der Waals surface area contributed by atoms with Crippen molar-refractivity contribution in [1.82, 2.24) is 9.55 Å². The second-order valence-corrected chi connectivity index (χ2v) is 7.35. The molecule has 1 N–H and O–H groups in total. The lowest BCUT2D eigenvalue weighted by atomic mass is 9.86. The van der Waals surface area contributed by atoms with Gasteiger partial charge in [-0.3, -0.25) is 9.59 Å². The van der Waals surface area contributed by atoms with Gasteiger partial charge in [0.2, 0.25) is 5.91 Å². The molecular weight excluding hydrogens is 366 g/mol. The molecule has 0 saturated heterocycles. The van der Waals surface area contributed by atoms with Crippen LogP contribution in [0.25, 0.3) is 0 Å². The lowest BCUT2D eigenvalue weighted by Gasteiger charge is -2.27. The van der Waals surface area contributed by atoms with E-state index in [4.69, 9.17) is 4.74 Å². The Labute approximate surface area is 161 Å². The quantitative estimate of drug-likeness (QED) is 0.482. The van der Waals surface area contributed by atoms with E-state index in [1.165, 1.54) is 18.9 Å². The average molecular weight is 387 g/mol. The number of methoxy groups -OCH3 is 1. The number of rotatable bonds is 5. The maximum Gasteiger partial charge on any atom is 0.337 e. The predicted molar refractivity (Wildman–Crippen MR) is 103 cm³/mol. The molecule has 0 unspecified atom stereocenters. The van der Waals surface area contributed by atoms with Crippen molar-refractivity contribution in [2.75, 3.05) is 18.2 Å². The van der Waals surface area contributed by atoms with Crippen LogP contribution < -0.4 is 10.9 Å². The SMILES string of the molecule is CCCSc1nc(=O)c2c(n1C)NC(=O)C[C@H]2c1ccc(C(=O)OC)cc1. The molecular formula is C19H21N3O4S. The zero-order valence-electron chi connectivity index (χ0n) is 15.4. The lowest BCUT2D eigenvalue weighted by Crippen LogP contribution is -2.33. The number of thioether (sulfide) groups is 1. The molecule has 0 saturated carbocycles. The van der Waals surface area contributed by atoms with Crippen molar-refractivity contribution in [2.45, 2.75) is 30.8 Å². The van der Waals surface area contributed by atoms with Crippen LogP contribution in [0.15, 0.2) is 34.2 Å². The van der Waals surface area contributed by atoms with Gasteiger partial charge in [-0.15, -0.1) is 0 Å². The minimum Gasteiger partial charge on any atom is -0.465 e. The van der Waals surface area contributed by atoms with Crippen LogP contribution in [0.3, 0.4) is 0 Å². The smallest absolute Gasteiger partial charge is 0.337 e. The minimum atomic E-state index is -0.432. The summed E-state index contributed by atoms with van der Waals surface area (Å²) in [5.74, 6) is 0.338. The zero-order chi connectivity index (χ0) is 19.6. The Balaban J connectivity index is 2.05. The Kier molecular flexibility index (Phi) is 5.65. The summed E-state index contributed by atoms with van der Waals surface area (Å²) in [6, 6.07) is 6.77. The van der Waals surface area contributed by atoms with Crippen LogP contribution in [0.1, 0.15) is 47.2 Å². The normalized spacial score (nSPS) is 15.8. The standard InChI is InChI=1S/C19H21N3O4S/c1-4-9-27-19-21-17(24)15-13(10-14(23)20-16(15)22(19)2)11-5-7-12(8-6-11)18(25)26-3/h5-8,13H,4,9-10H2,1-3H3,(H,20,23)/t13-/m0/s1. The molecule has 1 amide bonds. The second-order valence-electron chi connectivity index (χ2n) is 6.29. The van der Waals surface area contributed by atoms with Gasteiger partial charge in [0.05, 0.1) is 18.2 Å². The van der Waals surface area contributed by atoms with E-state index in [0.29, 0.717) is 22.1 Å². The van der Waals surface area contributed by atoms with Crippen LogP contribution in [0.4, 0.5) is 5.82 Å². The van der Waals surface area contributed by atoms with Crippen LogP contribution in [0.5, 0.6) is 0 Å². The molecule has 0 aliphatic carbocycles. The number of nitrogens with zero attached hydrogens (tertiary/aromatic N) is 2. The number of carbonyl (C=O) groups is 2. The third-order valence-electron chi connectivity index (χ3n) is 4.47. The van der Waals surface area contributed by atoms with Crippen LogP contribution in [0.2, 0.25) is 0 Å². The summed E-state index contributed by atoms with van der Waals surface area (Å²) in [7, 11) is 3.12. The summed E-state index contributed by atoms with van der Waals surface area (Å²) in [5.41, 5.74) is 1.35. The molecule has 1 aromatic heterocycles. The molecule has 1 aliphatic rings. The van der Waals surface area contributed by atoms with Gasteiger partial charge in [0.15, 0.2) is 5.16 Å². The van der Waals surface area contributed by atoms with Gasteiger partial charge in [0.25, 0.3) is 5.56 Å². The minimum absolute atomic E-state index is 0.155. The maximum atomic E-state index is 12.7. The van der Waals surface area contributed by atoms with Crippen LogP contribution in [0, 0.1) is 0 Å². The number of anilines is 1. The topological polar surface area (TPSA) is 90.3 Å². The van der Waals surface area contributed by atoms with Gasteiger partial charge >= 0.3 is 5.97 Å². The Morgan fingerprint density at radius 2 is 2.04 bits per heavy atom. The highest BCUT2D eigenvalue weighted by atomic mass is 32.2. The lowest BCUT2D eigenvalue weighted by molar-refractivity contribution is -0.116. The molecule has 0 fully saturated rings. The first kappa shape index (κ1) is 19.2. The number of esters is 1. The van der Waals surface area contributed by atoms with E-state index in [2.05, 4.69) is 17.2 Å². The molecule has 1 atom stereocenters. The Hall–Kier alpha value is -2.61. The van der Waals surface area contributed by atoms with E-state index in [1.807, 2.05) is 0 Å². The van der Waals surface area contributed by atoms with E-state index in [1.54, 1.807) is 35.9 Å². The highest BCUT2D eigenvalue weighted by Crippen LogP contribution is 2.35. The number of amides is 1. The van der Waals surface area contributed by atoms with Crippen LogP contribution >= 0.6 is 11.8 Å². The summed E-state index contributed by atoms with van der Waals surface area (Å²) in [6.45, 7) is 2.05. The van der Waals surface area contributed by atoms with E-state index in [0.717, 1.165) is 17.7 Å². The zero-order valence-corrected chi connectivity index (χ0v) is 16.3.